The van der Waals surface area contributed by atoms with Crippen LogP contribution in [0.15, 0.2) is 30.5 Å². The molecule has 4 nitrogen and oxygen atoms in total. The summed E-state index contributed by atoms with van der Waals surface area (Å²) in [5.74, 6) is 1.69. The predicted octanol–water partition coefficient (Wildman–Crippen LogP) is 2.35. The maximum absolute atomic E-state index is 4.56. The van der Waals surface area contributed by atoms with Crippen LogP contribution in [-0.2, 0) is 13.1 Å². The van der Waals surface area contributed by atoms with Gasteiger partial charge in [0.25, 0.3) is 0 Å². The first-order valence-electron chi connectivity index (χ1n) is 6.11. The van der Waals surface area contributed by atoms with E-state index in [1.807, 2.05) is 13.2 Å². The van der Waals surface area contributed by atoms with Crippen molar-refractivity contribution in [1.82, 2.24) is 9.97 Å². The third-order valence-corrected chi connectivity index (χ3v) is 3.31. The molecule has 3 rings (SSSR count). The summed E-state index contributed by atoms with van der Waals surface area (Å²) < 4.78 is 0. The fraction of sp³-hybridized carbons (Fsp3) is 0.286. The van der Waals surface area contributed by atoms with Crippen LogP contribution < -0.4 is 10.2 Å². The summed E-state index contributed by atoms with van der Waals surface area (Å²) in [6, 6.07) is 8.55. The lowest BCUT2D eigenvalue weighted by Gasteiger charge is -2.19. The third-order valence-electron chi connectivity index (χ3n) is 3.31. The molecule has 4 heteroatoms. The van der Waals surface area contributed by atoms with Crippen molar-refractivity contribution in [2.24, 2.45) is 0 Å². The standard InChI is InChI=1S/C14H16N4/c1-10-7-16-14(15-2)17-13(10)18-8-11-5-3-4-6-12(11)9-18/h3-7H,8-9H2,1-2H3,(H,15,16,17). The molecule has 1 aromatic heterocycles. The van der Waals surface area contributed by atoms with Crippen LogP contribution in [0.5, 0.6) is 0 Å². The van der Waals surface area contributed by atoms with Crippen molar-refractivity contribution in [3.8, 4) is 0 Å². The Morgan fingerprint density at radius 3 is 2.44 bits per heavy atom. The van der Waals surface area contributed by atoms with Crippen LogP contribution in [0.1, 0.15) is 16.7 Å². The zero-order valence-corrected chi connectivity index (χ0v) is 10.6. The van der Waals surface area contributed by atoms with Gasteiger partial charge in [-0.25, -0.2) is 4.98 Å². The number of anilines is 2. The van der Waals surface area contributed by atoms with Gasteiger partial charge in [-0.05, 0) is 18.1 Å². The minimum atomic E-state index is 0.673. The molecule has 0 bridgehead atoms. The van der Waals surface area contributed by atoms with Gasteiger partial charge in [0.15, 0.2) is 0 Å². The van der Waals surface area contributed by atoms with E-state index in [1.165, 1.54) is 11.1 Å². The monoisotopic (exact) mass is 240 g/mol. The van der Waals surface area contributed by atoms with Crippen molar-refractivity contribution in [1.29, 1.82) is 0 Å². The van der Waals surface area contributed by atoms with E-state index in [1.54, 1.807) is 0 Å². The first-order chi connectivity index (χ1) is 8.78. The minimum absolute atomic E-state index is 0.673. The second kappa shape index (κ2) is 4.29. The summed E-state index contributed by atoms with van der Waals surface area (Å²) in [4.78, 5) is 11.1. The van der Waals surface area contributed by atoms with Crippen LogP contribution in [0, 0.1) is 6.92 Å². The fourth-order valence-corrected chi connectivity index (χ4v) is 2.36. The number of nitrogens with one attached hydrogen (secondary N) is 1. The van der Waals surface area contributed by atoms with Gasteiger partial charge in [-0.2, -0.15) is 4.98 Å². The Balaban J connectivity index is 1.94. The lowest BCUT2D eigenvalue weighted by Crippen LogP contribution is -2.18. The average molecular weight is 240 g/mol. The van der Waals surface area contributed by atoms with Crippen LogP contribution in [0.4, 0.5) is 11.8 Å². The second-order valence-electron chi connectivity index (χ2n) is 4.58. The number of fused-ring (bicyclic) bond motifs is 1. The topological polar surface area (TPSA) is 41.1 Å². The summed E-state index contributed by atoms with van der Waals surface area (Å²) >= 11 is 0. The lowest BCUT2D eigenvalue weighted by atomic mass is 10.1. The Morgan fingerprint density at radius 1 is 1.17 bits per heavy atom. The molecular weight excluding hydrogens is 224 g/mol. The van der Waals surface area contributed by atoms with Crippen molar-refractivity contribution in [2.45, 2.75) is 20.0 Å². The number of hydrogen-bond acceptors (Lipinski definition) is 4. The number of hydrogen-bond donors (Lipinski definition) is 1. The fourth-order valence-electron chi connectivity index (χ4n) is 2.36. The van der Waals surface area contributed by atoms with Gasteiger partial charge in [0.2, 0.25) is 5.95 Å². The Labute approximate surface area is 107 Å². The van der Waals surface area contributed by atoms with Gasteiger partial charge in [-0.1, -0.05) is 24.3 Å². The number of rotatable bonds is 2. The molecule has 1 aliphatic heterocycles. The molecule has 0 fully saturated rings. The zero-order chi connectivity index (χ0) is 12.5. The van der Waals surface area contributed by atoms with Gasteiger partial charge >= 0.3 is 0 Å². The summed E-state index contributed by atoms with van der Waals surface area (Å²) in [5, 5.41) is 2.99. The molecule has 1 aliphatic rings. The molecule has 18 heavy (non-hydrogen) atoms. The maximum Gasteiger partial charge on any atom is 0.224 e. The van der Waals surface area contributed by atoms with Crippen molar-refractivity contribution < 1.29 is 0 Å². The lowest BCUT2D eigenvalue weighted by molar-refractivity contribution is 0.845. The van der Waals surface area contributed by atoms with Crippen molar-refractivity contribution in [3.05, 3.63) is 47.2 Å². The molecule has 0 atom stereocenters. The average Bonchev–Trinajstić information content (AvgIpc) is 2.82. The Morgan fingerprint density at radius 2 is 1.83 bits per heavy atom. The van der Waals surface area contributed by atoms with Crippen LogP contribution in [0.2, 0.25) is 0 Å². The highest BCUT2D eigenvalue weighted by Crippen LogP contribution is 2.28. The van der Waals surface area contributed by atoms with Gasteiger partial charge < -0.3 is 10.2 Å². The SMILES string of the molecule is CNc1ncc(C)c(N2Cc3ccccc3C2)n1. The van der Waals surface area contributed by atoms with Crippen molar-refractivity contribution in [2.75, 3.05) is 17.3 Å². The quantitative estimate of drug-likeness (QED) is 0.874. The second-order valence-corrected chi connectivity index (χ2v) is 4.58. The summed E-state index contributed by atoms with van der Waals surface area (Å²) in [6.45, 7) is 3.91. The molecule has 0 saturated carbocycles. The molecule has 1 N–H and O–H groups in total. The number of benzene rings is 1. The normalized spacial score (nSPS) is 13.6. The Hall–Kier alpha value is -2.10. The smallest absolute Gasteiger partial charge is 0.224 e. The van der Waals surface area contributed by atoms with E-state index in [-0.39, 0.29) is 0 Å². The van der Waals surface area contributed by atoms with Crippen molar-refractivity contribution >= 4 is 11.8 Å². The molecule has 1 aromatic carbocycles. The largest absolute Gasteiger partial charge is 0.357 e. The van der Waals surface area contributed by atoms with E-state index in [2.05, 4.69) is 51.4 Å². The minimum Gasteiger partial charge on any atom is -0.357 e. The molecule has 0 amide bonds. The van der Waals surface area contributed by atoms with E-state index in [4.69, 9.17) is 0 Å². The van der Waals surface area contributed by atoms with Gasteiger partial charge in [0, 0.05) is 31.9 Å². The molecule has 0 saturated heterocycles. The predicted molar refractivity (Wildman–Crippen MR) is 72.6 cm³/mol. The van der Waals surface area contributed by atoms with E-state index in [0.29, 0.717) is 5.95 Å². The highest BCUT2D eigenvalue weighted by atomic mass is 15.2. The van der Waals surface area contributed by atoms with Crippen LogP contribution in [-0.4, -0.2) is 17.0 Å². The van der Waals surface area contributed by atoms with Crippen LogP contribution in [0.3, 0.4) is 0 Å². The Bertz CT molecular complexity index is 555. The molecule has 2 aromatic rings. The third kappa shape index (κ3) is 1.79. The van der Waals surface area contributed by atoms with Gasteiger partial charge in [-0.3, -0.25) is 0 Å². The molecule has 0 spiro atoms. The highest BCUT2D eigenvalue weighted by Gasteiger charge is 2.21. The van der Waals surface area contributed by atoms with E-state index >= 15 is 0 Å². The molecular formula is C14H16N4. The first-order valence-corrected chi connectivity index (χ1v) is 6.11. The Kier molecular flexibility index (Phi) is 2.63. The molecule has 92 valence electrons. The number of aromatic nitrogens is 2. The van der Waals surface area contributed by atoms with Gasteiger partial charge in [0.1, 0.15) is 5.82 Å². The van der Waals surface area contributed by atoms with Gasteiger partial charge in [0.05, 0.1) is 0 Å². The first kappa shape index (κ1) is 11.0. The van der Waals surface area contributed by atoms with E-state index in [0.717, 1.165) is 24.5 Å². The van der Waals surface area contributed by atoms with Crippen LogP contribution >= 0.6 is 0 Å². The molecule has 0 radical (unpaired) electrons. The van der Waals surface area contributed by atoms with Crippen LogP contribution in [0.25, 0.3) is 0 Å². The zero-order valence-electron chi connectivity index (χ0n) is 10.6. The maximum atomic E-state index is 4.56. The molecule has 2 heterocycles. The van der Waals surface area contributed by atoms with Gasteiger partial charge in [-0.15, -0.1) is 0 Å². The molecule has 0 unspecified atom stereocenters. The molecule has 0 aliphatic carbocycles. The summed E-state index contributed by atoms with van der Waals surface area (Å²) in [7, 11) is 1.84. The van der Waals surface area contributed by atoms with E-state index < -0.39 is 0 Å². The summed E-state index contributed by atoms with van der Waals surface area (Å²) in [6.07, 6.45) is 1.87. The number of aryl methyl sites for hydroxylation is 1. The van der Waals surface area contributed by atoms with E-state index in [9.17, 15) is 0 Å². The highest BCUT2D eigenvalue weighted by molar-refractivity contribution is 5.53. The van der Waals surface area contributed by atoms with Crippen molar-refractivity contribution in [3.63, 3.8) is 0 Å². The summed E-state index contributed by atoms with van der Waals surface area (Å²) in [5.41, 5.74) is 3.89. The number of nitrogens with zero attached hydrogens (tertiary/aromatic N) is 3.